The molecule has 1 heteroatoms. The maximum atomic E-state index is 10.9. The van der Waals surface area contributed by atoms with Gasteiger partial charge in [0.2, 0.25) is 0 Å². The lowest BCUT2D eigenvalue weighted by molar-refractivity contribution is -0.124. The van der Waals surface area contributed by atoms with Crippen LogP contribution in [-0.2, 0) is 4.79 Å². The number of carbonyl (C=O) groups excluding carboxylic acids is 1. The van der Waals surface area contributed by atoms with Crippen LogP contribution in [-0.4, -0.2) is 6.29 Å². The van der Waals surface area contributed by atoms with E-state index in [0.717, 1.165) is 5.92 Å². The monoisotopic (exact) mass is 152 g/mol. The zero-order chi connectivity index (χ0) is 7.73. The first-order valence-corrected chi connectivity index (χ1v) is 4.84. The quantitative estimate of drug-likeness (QED) is 0.556. The fourth-order valence-electron chi connectivity index (χ4n) is 2.71. The van der Waals surface area contributed by atoms with Crippen LogP contribution in [0.5, 0.6) is 0 Å². The highest BCUT2D eigenvalue weighted by molar-refractivity contribution is 5.61. The predicted octanol–water partition coefficient (Wildman–Crippen LogP) is 2.55. The molecule has 62 valence electrons. The Morgan fingerprint density at radius 2 is 1.73 bits per heavy atom. The maximum Gasteiger partial charge on any atom is 0.126 e. The summed E-state index contributed by atoms with van der Waals surface area (Å²) >= 11 is 0. The lowest BCUT2D eigenvalue weighted by Crippen LogP contribution is -2.37. The van der Waals surface area contributed by atoms with Gasteiger partial charge in [-0.1, -0.05) is 19.3 Å². The summed E-state index contributed by atoms with van der Waals surface area (Å²) in [7, 11) is 0. The van der Waals surface area contributed by atoms with Crippen LogP contribution in [0.2, 0.25) is 0 Å². The molecule has 0 aromatic carbocycles. The average molecular weight is 152 g/mol. The van der Waals surface area contributed by atoms with Crippen LogP contribution in [0.4, 0.5) is 0 Å². The molecule has 2 rings (SSSR count). The second kappa shape index (κ2) is 2.62. The molecular weight excluding hydrogens is 136 g/mol. The Morgan fingerprint density at radius 3 is 2.09 bits per heavy atom. The summed E-state index contributed by atoms with van der Waals surface area (Å²) < 4.78 is 0. The summed E-state index contributed by atoms with van der Waals surface area (Å²) in [6, 6.07) is 0. The van der Waals surface area contributed by atoms with Gasteiger partial charge in [0.05, 0.1) is 0 Å². The number of aldehydes is 1. The largest absolute Gasteiger partial charge is 0.303 e. The van der Waals surface area contributed by atoms with Gasteiger partial charge in [0.15, 0.2) is 0 Å². The van der Waals surface area contributed by atoms with Crippen molar-refractivity contribution in [3.63, 3.8) is 0 Å². The van der Waals surface area contributed by atoms with Gasteiger partial charge in [0.25, 0.3) is 0 Å². The smallest absolute Gasteiger partial charge is 0.126 e. The van der Waals surface area contributed by atoms with Crippen LogP contribution >= 0.6 is 0 Å². The second-order valence-corrected chi connectivity index (χ2v) is 4.19. The third-order valence-corrected chi connectivity index (χ3v) is 3.69. The minimum Gasteiger partial charge on any atom is -0.303 e. The molecule has 0 heterocycles. The highest BCUT2D eigenvalue weighted by Crippen LogP contribution is 2.51. The van der Waals surface area contributed by atoms with Crippen LogP contribution < -0.4 is 0 Å². The molecule has 0 bridgehead atoms. The first-order chi connectivity index (χ1) is 5.37. The molecule has 0 atom stereocenters. The minimum atomic E-state index is 0.163. The number of carbonyl (C=O) groups is 1. The molecule has 0 aromatic heterocycles. The molecule has 0 aliphatic heterocycles. The molecule has 0 radical (unpaired) electrons. The zero-order valence-corrected chi connectivity index (χ0v) is 7.01. The van der Waals surface area contributed by atoms with Gasteiger partial charge >= 0.3 is 0 Å². The highest BCUT2D eigenvalue weighted by Gasteiger charge is 2.44. The van der Waals surface area contributed by atoms with Crippen molar-refractivity contribution in [1.82, 2.24) is 0 Å². The van der Waals surface area contributed by atoms with Gasteiger partial charge in [-0.2, -0.15) is 0 Å². The van der Waals surface area contributed by atoms with E-state index < -0.39 is 0 Å². The Kier molecular flexibility index (Phi) is 1.74. The van der Waals surface area contributed by atoms with Crippen molar-refractivity contribution >= 4 is 6.29 Å². The van der Waals surface area contributed by atoms with E-state index in [1.807, 2.05) is 0 Å². The lowest BCUT2D eigenvalue weighted by Gasteiger charge is -2.41. The van der Waals surface area contributed by atoms with Crippen molar-refractivity contribution in [3.05, 3.63) is 0 Å². The Labute approximate surface area is 68.2 Å². The Morgan fingerprint density at radius 1 is 1.09 bits per heavy atom. The summed E-state index contributed by atoms with van der Waals surface area (Å²) in [5, 5.41) is 0. The summed E-state index contributed by atoms with van der Waals surface area (Å²) in [6.45, 7) is 0. The third-order valence-electron chi connectivity index (χ3n) is 3.69. The highest BCUT2D eigenvalue weighted by atomic mass is 16.1. The van der Waals surface area contributed by atoms with Crippen molar-refractivity contribution in [2.45, 2.75) is 44.9 Å². The van der Waals surface area contributed by atoms with Gasteiger partial charge in [-0.15, -0.1) is 0 Å². The average Bonchev–Trinajstić information content (AvgIpc) is 2.39. The van der Waals surface area contributed by atoms with Crippen molar-refractivity contribution in [2.24, 2.45) is 11.3 Å². The normalized spacial score (nSPS) is 29.8. The van der Waals surface area contributed by atoms with E-state index in [4.69, 9.17) is 0 Å². The van der Waals surface area contributed by atoms with E-state index in [1.54, 1.807) is 0 Å². The van der Waals surface area contributed by atoms with Crippen LogP contribution in [0.15, 0.2) is 0 Å². The van der Waals surface area contributed by atoms with E-state index >= 15 is 0 Å². The summed E-state index contributed by atoms with van der Waals surface area (Å²) in [5.41, 5.74) is 0.163. The molecule has 0 N–H and O–H groups in total. The van der Waals surface area contributed by atoms with Crippen LogP contribution in [0, 0.1) is 11.3 Å². The van der Waals surface area contributed by atoms with E-state index in [9.17, 15) is 4.79 Å². The van der Waals surface area contributed by atoms with Crippen LogP contribution in [0.25, 0.3) is 0 Å². The first-order valence-electron chi connectivity index (χ1n) is 4.84. The van der Waals surface area contributed by atoms with Gasteiger partial charge in [0.1, 0.15) is 6.29 Å². The molecule has 0 saturated heterocycles. The van der Waals surface area contributed by atoms with E-state index in [1.165, 1.54) is 51.2 Å². The molecule has 11 heavy (non-hydrogen) atoms. The third kappa shape index (κ3) is 1.02. The van der Waals surface area contributed by atoms with E-state index in [0.29, 0.717) is 0 Å². The lowest BCUT2D eigenvalue weighted by atomic mass is 9.61. The van der Waals surface area contributed by atoms with E-state index in [2.05, 4.69) is 0 Å². The Bertz CT molecular complexity index is 152. The Hall–Kier alpha value is -0.330. The van der Waals surface area contributed by atoms with Gasteiger partial charge in [-0.25, -0.2) is 0 Å². The topological polar surface area (TPSA) is 17.1 Å². The summed E-state index contributed by atoms with van der Waals surface area (Å²) in [4.78, 5) is 10.9. The molecule has 2 fully saturated rings. The molecule has 0 unspecified atom stereocenters. The molecule has 1 nitrogen and oxygen atoms in total. The van der Waals surface area contributed by atoms with Crippen molar-refractivity contribution < 1.29 is 4.79 Å². The fraction of sp³-hybridized carbons (Fsp3) is 0.900. The summed E-state index contributed by atoms with van der Waals surface area (Å²) in [6.07, 6.45) is 10.3. The van der Waals surface area contributed by atoms with Crippen LogP contribution in [0.3, 0.4) is 0 Å². The van der Waals surface area contributed by atoms with Crippen molar-refractivity contribution in [3.8, 4) is 0 Å². The minimum absolute atomic E-state index is 0.163. The predicted molar refractivity (Wildman–Crippen MR) is 44.3 cm³/mol. The van der Waals surface area contributed by atoms with Crippen LogP contribution in [0.1, 0.15) is 44.9 Å². The molecule has 2 saturated carbocycles. The number of rotatable bonds is 2. The molecule has 0 spiro atoms. The Balaban J connectivity index is 2.04. The molecular formula is C10H16O. The van der Waals surface area contributed by atoms with Gasteiger partial charge in [-0.05, 0) is 31.6 Å². The number of hydrogen-bond donors (Lipinski definition) is 0. The second-order valence-electron chi connectivity index (χ2n) is 4.19. The molecule has 2 aliphatic rings. The van der Waals surface area contributed by atoms with Crippen molar-refractivity contribution in [1.29, 1.82) is 0 Å². The first kappa shape index (κ1) is 7.33. The van der Waals surface area contributed by atoms with E-state index in [-0.39, 0.29) is 5.41 Å². The maximum absolute atomic E-state index is 10.9. The molecule has 0 aromatic rings. The number of hydrogen-bond acceptors (Lipinski definition) is 1. The van der Waals surface area contributed by atoms with Gasteiger partial charge in [0, 0.05) is 5.41 Å². The van der Waals surface area contributed by atoms with Gasteiger partial charge in [-0.3, -0.25) is 0 Å². The molecule has 2 aliphatic carbocycles. The zero-order valence-electron chi connectivity index (χ0n) is 7.01. The van der Waals surface area contributed by atoms with Gasteiger partial charge < -0.3 is 4.79 Å². The standard InChI is InChI=1S/C10H16O/c11-8-10(6-3-7-10)9-4-1-2-5-9/h8-9H,1-7H2. The SMILES string of the molecule is O=CC1(C2CCCC2)CCC1. The fourth-order valence-corrected chi connectivity index (χ4v) is 2.71. The molecule has 0 amide bonds. The van der Waals surface area contributed by atoms with Crippen molar-refractivity contribution in [2.75, 3.05) is 0 Å². The summed E-state index contributed by atoms with van der Waals surface area (Å²) in [5.74, 6) is 0.758.